The Labute approximate surface area is 129 Å². The number of esters is 1. The maximum Gasteiger partial charge on any atom is 0.339 e. The zero-order chi connectivity index (χ0) is 16.3. The molecule has 1 N–H and O–H groups in total. The summed E-state index contributed by atoms with van der Waals surface area (Å²) in [4.78, 5) is 24.0. The van der Waals surface area contributed by atoms with E-state index < -0.39 is 27.9 Å². The summed E-state index contributed by atoms with van der Waals surface area (Å²) in [7, 11) is -2.19. The lowest BCUT2D eigenvalue weighted by atomic mass is 10.1. The van der Waals surface area contributed by atoms with Crippen molar-refractivity contribution < 1.29 is 22.7 Å². The number of rotatable bonds is 4. The highest BCUT2D eigenvalue weighted by molar-refractivity contribution is 7.88. The predicted octanol–water partition coefficient (Wildman–Crippen LogP) is 0.836. The number of benzene rings is 1. The first-order valence-electron chi connectivity index (χ1n) is 6.79. The zero-order valence-corrected chi connectivity index (χ0v) is 13.2. The van der Waals surface area contributed by atoms with Crippen LogP contribution in [-0.4, -0.2) is 50.6 Å². The summed E-state index contributed by atoms with van der Waals surface area (Å²) in [6.07, 6.45) is 2.17. The van der Waals surface area contributed by atoms with Gasteiger partial charge in [-0.15, -0.1) is 0 Å². The number of carbonyl (C=O) groups is 2. The van der Waals surface area contributed by atoms with Gasteiger partial charge in [0.25, 0.3) is 0 Å². The Morgan fingerprint density at radius 3 is 2.64 bits per heavy atom. The molecule has 7 nitrogen and oxygen atoms in total. The fourth-order valence-electron chi connectivity index (χ4n) is 2.50. The molecule has 0 aliphatic carbocycles. The van der Waals surface area contributed by atoms with E-state index in [9.17, 15) is 18.0 Å². The molecule has 8 heteroatoms. The Morgan fingerprint density at radius 2 is 2.00 bits per heavy atom. The summed E-state index contributed by atoms with van der Waals surface area (Å²) in [6, 6.07) is 5.68. The molecule has 1 amide bonds. The molecule has 0 radical (unpaired) electrons. The number of para-hydroxylation sites is 1. The molecular formula is C14H18N2O5S. The first-order chi connectivity index (χ1) is 10.3. The Morgan fingerprint density at radius 1 is 1.32 bits per heavy atom. The molecule has 1 atom stereocenters. The van der Waals surface area contributed by atoms with Gasteiger partial charge in [-0.25, -0.2) is 13.2 Å². The third-order valence-electron chi connectivity index (χ3n) is 3.52. The Balaban J connectivity index is 2.21. The van der Waals surface area contributed by atoms with Crippen molar-refractivity contribution in [3.8, 4) is 0 Å². The SMILES string of the molecule is COC(=O)c1ccccc1NC(=O)C1CCCN1S(C)(=O)=O. The molecule has 0 saturated carbocycles. The molecule has 1 saturated heterocycles. The predicted molar refractivity (Wildman–Crippen MR) is 81.0 cm³/mol. The Bertz CT molecular complexity index is 686. The van der Waals surface area contributed by atoms with E-state index in [0.29, 0.717) is 25.1 Å². The smallest absolute Gasteiger partial charge is 0.339 e. The van der Waals surface area contributed by atoms with Gasteiger partial charge in [-0.1, -0.05) is 12.1 Å². The van der Waals surface area contributed by atoms with E-state index >= 15 is 0 Å². The molecule has 0 bridgehead atoms. The molecule has 1 aliphatic heterocycles. The lowest BCUT2D eigenvalue weighted by Gasteiger charge is -2.21. The van der Waals surface area contributed by atoms with Crippen LogP contribution in [0.5, 0.6) is 0 Å². The monoisotopic (exact) mass is 326 g/mol. The third-order valence-corrected chi connectivity index (χ3v) is 4.81. The molecule has 1 fully saturated rings. The summed E-state index contributed by atoms with van der Waals surface area (Å²) < 4.78 is 29.2. The van der Waals surface area contributed by atoms with E-state index in [0.717, 1.165) is 6.26 Å². The number of ether oxygens (including phenoxy) is 1. The topological polar surface area (TPSA) is 92.8 Å². The van der Waals surface area contributed by atoms with Crippen LogP contribution >= 0.6 is 0 Å². The van der Waals surface area contributed by atoms with E-state index in [2.05, 4.69) is 10.1 Å². The molecule has 1 aromatic carbocycles. The summed E-state index contributed by atoms with van der Waals surface area (Å²) in [6.45, 7) is 0.329. The maximum absolute atomic E-state index is 12.4. The van der Waals surface area contributed by atoms with Crippen LogP contribution in [0.2, 0.25) is 0 Å². The summed E-state index contributed by atoms with van der Waals surface area (Å²) in [5.41, 5.74) is 0.530. The molecule has 1 aromatic rings. The summed E-state index contributed by atoms with van der Waals surface area (Å²) in [5.74, 6) is -1.01. The molecule has 0 spiro atoms. The number of nitrogens with one attached hydrogen (secondary N) is 1. The number of anilines is 1. The highest BCUT2D eigenvalue weighted by Gasteiger charge is 2.36. The van der Waals surface area contributed by atoms with E-state index in [1.54, 1.807) is 18.2 Å². The molecule has 2 rings (SSSR count). The van der Waals surface area contributed by atoms with Crippen LogP contribution in [0, 0.1) is 0 Å². The van der Waals surface area contributed by atoms with E-state index in [4.69, 9.17) is 0 Å². The summed E-state index contributed by atoms with van der Waals surface area (Å²) in [5, 5.41) is 2.62. The molecule has 1 unspecified atom stereocenters. The van der Waals surface area contributed by atoms with Gasteiger partial charge in [0.05, 0.1) is 24.6 Å². The van der Waals surface area contributed by atoms with Gasteiger partial charge < -0.3 is 10.1 Å². The molecule has 1 aliphatic rings. The Kier molecular flexibility index (Phi) is 4.82. The lowest BCUT2D eigenvalue weighted by Crippen LogP contribution is -2.42. The van der Waals surface area contributed by atoms with Gasteiger partial charge in [-0.05, 0) is 25.0 Å². The van der Waals surface area contributed by atoms with Gasteiger partial charge in [0.2, 0.25) is 15.9 Å². The van der Waals surface area contributed by atoms with Gasteiger partial charge in [0.15, 0.2) is 0 Å². The van der Waals surface area contributed by atoms with E-state index in [-0.39, 0.29) is 5.56 Å². The second kappa shape index (κ2) is 6.45. The fraction of sp³-hybridized carbons (Fsp3) is 0.429. The first-order valence-corrected chi connectivity index (χ1v) is 8.64. The number of hydrogen-bond donors (Lipinski definition) is 1. The number of hydrogen-bond acceptors (Lipinski definition) is 5. The van der Waals surface area contributed by atoms with Gasteiger partial charge in [-0.2, -0.15) is 4.31 Å². The van der Waals surface area contributed by atoms with Crippen LogP contribution in [0.3, 0.4) is 0 Å². The van der Waals surface area contributed by atoms with Crippen LogP contribution in [0.4, 0.5) is 5.69 Å². The summed E-state index contributed by atoms with van der Waals surface area (Å²) >= 11 is 0. The van der Waals surface area contributed by atoms with Crippen molar-refractivity contribution in [2.45, 2.75) is 18.9 Å². The van der Waals surface area contributed by atoms with Gasteiger partial charge in [0, 0.05) is 6.54 Å². The number of amides is 1. The minimum atomic E-state index is -3.44. The highest BCUT2D eigenvalue weighted by Crippen LogP contribution is 2.23. The van der Waals surface area contributed by atoms with E-state index in [1.807, 2.05) is 0 Å². The quantitative estimate of drug-likeness (QED) is 0.828. The zero-order valence-electron chi connectivity index (χ0n) is 12.4. The van der Waals surface area contributed by atoms with Crippen molar-refractivity contribution in [1.29, 1.82) is 0 Å². The van der Waals surface area contributed by atoms with Crippen molar-refractivity contribution in [3.05, 3.63) is 29.8 Å². The maximum atomic E-state index is 12.4. The van der Waals surface area contributed by atoms with Gasteiger partial charge in [0.1, 0.15) is 6.04 Å². The van der Waals surface area contributed by atoms with Crippen molar-refractivity contribution >= 4 is 27.6 Å². The molecular weight excluding hydrogens is 308 g/mol. The lowest BCUT2D eigenvalue weighted by molar-refractivity contribution is -0.119. The van der Waals surface area contributed by atoms with Crippen molar-refractivity contribution in [1.82, 2.24) is 4.31 Å². The molecule has 0 aromatic heterocycles. The van der Waals surface area contributed by atoms with Crippen molar-refractivity contribution in [2.75, 3.05) is 25.2 Å². The average Bonchev–Trinajstić information content (AvgIpc) is 2.96. The number of sulfonamides is 1. The molecule has 1 heterocycles. The van der Waals surface area contributed by atoms with Crippen molar-refractivity contribution in [3.63, 3.8) is 0 Å². The van der Waals surface area contributed by atoms with Crippen LogP contribution < -0.4 is 5.32 Å². The minimum absolute atomic E-state index is 0.224. The number of carbonyl (C=O) groups excluding carboxylic acids is 2. The Hall–Kier alpha value is -1.93. The van der Waals surface area contributed by atoms with Crippen LogP contribution in [-0.2, 0) is 19.6 Å². The highest BCUT2D eigenvalue weighted by atomic mass is 32.2. The minimum Gasteiger partial charge on any atom is -0.465 e. The second-order valence-electron chi connectivity index (χ2n) is 5.06. The molecule has 120 valence electrons. The number of methoxy groups -OCH3 is 1. The van der Waals surface area contributed by atoms with Crippen molar-refractivity contribution in [2.24, 2.45) is 0 Å². The first kappa shape index (κ1) is 16.4. The number of nitrogens with zero attached hydrogens (tertiary/aromatic N) is 1. The van der Waals surface area contributed by atoms with Crippen LogP contribution in [0.25, 0.3) is 0 Å². The largest absolute Gasteiger partial charge is 0.465 e. The van der Waals surface area contributed by atoms with Crippen LogP contribution in [0.1, 0.15) is 23.2 Å². The fourth-order valence-corrected chi connectivity index (χ4v) is 3.62. The van der Waals surface area contributed by atoms with Gasteiger partial charge >= 0.3 is 5.97 Å². The standard InChI is InChI=1S/C14H18N2O5S/c1-21-14(18)10-6-3-4-7-11(10)15-13(17)12-8-5-9-16(12)22(2,19)20/h3-4,6-7,12H,5,8-9H2,1-2H3,(H,15,17). The van der Waals surface area contributed by atoms with Gasteiger partial charge in [-0.3, -0.25) is 4.79 Å². The normalized spacial score (nSPS) is 18.9. The molecule has 22 heavy (non-hydrogen) atoms. The second-order valence-corrected chi connectivity index (χ2v) is 6.99. The third kappa shape index (κ3) is 3.45. The average molecular weight is 326 g/mol. The van der Waals surface area contributed by atoms with Crippen LogP contribution in [0.15, 0.2) is 24.3 Å². The van der Waals surface area contributed by atoms with E-state index in [1.165, 1.54) is 17.5 Å².